The van der Waals surface area contributed by atoms with Gasteiger partial charge in [0.15, 0.2) is 0 Å². The summed E-state index contributed by atoms with van der Waals surface area (Å²) in [5.41, 5.74) is 2.95. The molecule has 4 heterocycles. The van der Waals surface area contributed by atoms with Crippen molar-refractivity contribution in [3.05, 3.63) is 64.8 Å². The number of piperidine rings is 1. The van der Waals surface area contributed by atoms with E-state index in [1.807, 2.05) is 35.7 Å². The Balaban J connectivity index is 1.67. The number of aromatic amines is 1. The molecule has 4 aromatic rings. The normalized spacial score (nSPS) is 14.8. The van der Waals surface area contributed by atoms with Crippen LogP contribution in [0.15, 0.2) is 59.2 Å². The number of H-pyrrole nitrogens is 1. The van der Waals surface area contributed by atoms with Gasteiger partial charge in [0, 0.05) is 33.8 Å². The summed E-state index contributed by atoms with van der Waals surface area (Å²) in [6.07, 6.45) is 7.18. The highest BCUT2D eigenvalue weighted by atomic mass is 32.1. The fourth-order valence-corrected chi connectivity index (χ4v) is 4.78. The Kier molecular flexibility index (Phi) is 5.29. The zero-order valence-corrected chi connectivity index (χ0v) is 17.2. The van der Waals surface area contributed by atoms with Crippen LogP contribution in [0.4, 0.5) is 0 Å². The topological polar surface area (TPSA) is 79.9 Å². The van der Waals surface area contributed by atoms with Crippen molar-refractivity contribution in [2.24, 2.45) is 5.92 Å². The number of nitrogens with one attached hydrogen (secondary N) is 2. The van der Waals surface area contributed by atoms with Gasteiger partial charge in [0.1, 0.15) is 12.1 Å². The Morgan fingerprint density at radius 2 is 1.93 bits per heavy atom. The van der Waals surface area contributed by atoms with E-state index in [0.717, 1.165) is 52.8 Å². The van der Waals surface area contributed by atoms with Crippen LogP contribution in [-0.4, -0.2) is 34.6 Å². The maximum absolute atomic E-state index is 13.2. The van der Waals surface area contributed by atoms with Crippen LogP contribution in [0, 0.1) is 5.92 Å². The molecule has 1 aliphatic heterocycles. The Hall–Kier alpha value is -3.03. The number of nitrogens with zero attached hydrogens (tertiary/aromatic N) is 2. The van der Waals surface area contributed by atoms with Gasteiger partial charge in [0.05, 0.1) is 17.7 Å². The molecular formula is C23H22N4O2S. The van der Waals surface area contributed by atoms with Crippen molar-refractivity contribution in [3.8, 4) is 27.3 Å². The second-order valence-corrected chi connectivity index (χ2v) is 8.44. The number of thiophene rings is 1. The summed E-state index contributed by atoms with van der Waals surface area (Å²) in [7, 11) is 0. The quantitative estimate of drug-likeness (QED) is 0.510. The van der Waals surface area contributed by atoms with Crippen molar-refractivity contribution in [2.45, 2.75) is 12.8 Å². The minimum absolute atomic E-state index is 0.144. The van der Waals surface area contributed by atoms with Gasteiger partial charge in [-0.3, -0.25) is 4.79 Å². The van der Waals surface area contributed by atoms with Crippen LogP contribution in [0.1, 0.15) is 12.8 Å². The minimum Gasteiger partial charge on any atom is -0.492 e. The van der Waals surface area contributed by atoms with Gasteiger partial charge in [0.2, 0.25) is 0 Å². The Morgan fingerprint density at radius 3 is 2.70 bits per heavy atom. The molecule has 2 N–H and O–H groups in total. The number of hydrogen-bond donors (Lipinski definition) is 2. The van der Waals surface area contributed by atoms with E-state index in [1.165, 1.54) is 6.33 Å². The van der Waals surface area contributed by atoms with Gasteiger partial charge in [0.25, 0.3) is 5.56 Å². The van der Waals surface area contributed by atoms with Crippen LogP contribution in [0.5, 0.6) is 5.75 Å². The van der Waals surface area contributed by atoms with Gasteiger partial charge < -0.3 is 15.0 Å². The maximum Gasteiger partial charge on any atom is 0.260 e. The van der Waals surface area contributed by atoms with Crippen LogP contribution in [-0.2, 0) is 0 Å². The van der Waals surface area contributed by atoms with Crippen LogP contribution in [0.2, 0.25) is 0 Å². The van der Waals surface area contributed by atoms with Gasteiger partial charge in [-0.05, 0) is 49.4 Å². The van der Waals surface area contributed by atoms with Crippen LogP contribution < -0.4 is 15.6 Å². The zero-order valence-electron chi connectivity index (χ0n) is 16.4. The van der Waals surface area contributed by atoms with Crippen molar-refractivity contribution < 1.29 is 4.74 Å². The second-order valence-electron chi connectivity index (χ2n) is 7.50. The fraction of sp³-hybridized carbons (Fsp3) is 0.261. The van der Waals surface area contributed by atoms with Crippen molar-refractivity contribution in [3.63, 3.8) is 0 Å². The number of rotatable bonds is 5. The van der Waals surface area contributed by atoms with Crippen molar-refractivity contribution in [1.82, 2.24) is 20.3 Å². The summed E-state index contributed by atoms with van der Waals surface area (Å²) in [6, 6.07) is 9.88. The van der Waals surface area contributed by atoms with Gasteiger partial charge >= 0.3 is 0 Å². The van der Waals surface area contributed by atoms with E-state index in [1.54, 1.807) is 23.7 Å². The SMILES string of the molecule is O=c1[nH]c2c(-c3cncnc3)cccc2c(OCC2CCNCC2)c1-c1cccs1. The molecule has 0 atom stereocenters. The summed E-state index contributed by atoms with van der Waals surface area (Å²) in [5.74, 6) is 1.15. The lowest BCUT2D eigenvalue weighted by Crippen LogP contribution is -2.30. The minimum atomic E-state index is -0.144. The summed E-state index contributed by atoms with van der Waals surface area (Å²) >= 11 is 1.54. The predicted octanol–water partition coefficient (Wildman–Crippen LogP) is 4.09. The summed E-state index contributed by atoms with van der Waals surface area (Å²) in [4.78, 5) is 25.5. The third-order valence-corrected chi connectivity index (χ3v) is 6.45. The number of ether oxygens (including phenoxy) is 1. The highest BCUT2D eigenvalue weighted by molar-refractivity contribution is 7.13. The van der Waals surface area contributed by atoms with E-state index < -0.39 is 0 Å². The number of aromatic nitrogens is 3. The number of pyridine rings is 1. The third kappa shape index (κ3) is 3.62. The molecular weight excluding hydrogens is 396 g/mol. The molecule has 0 bridgehead atoms. The molecule has 30 heavy (non-hydrogen) atoms. The molecule has 7 heteroatoms. The Bertz CT molecular complexity index is 1200. The molecule has 1 fully saturated rings. The number of fused-ring (bicyclic) bond motifs is 1. The monoisotopic (exact) mass is 418 g/mol. The molecule has 152 valence electrons. The zero-order chi connectivity index (χ0) is 20.3. The first kappa shape index (κ1) is 19.0. The van der Waals surface area contributed by atoms with E-state index in [9.17, 15) is 4.79 Å². The largest absolute Gasteiger partial charge is 0.492 e. The number of para-hydroxylation sites is 1. The lowest BCUT2D eigenvalue weighted by Gasteiger charge is -2.24. The van der Waals surface area contributed by atoms with E-state index in [4.69, 9.17) is 4.74 Å². The second kappa shape index (κ2) is 8.38. The fourth-order valence-electron chi connectivity index (χ4n) is 4.01. The molecule has 0 amide bonds. The smallest absolute Gasteiger partial charge is 0.260 e. The van der Waals surface area contributed by atoms with E-state index in [2.05, 4.69) is 20.3 Å². The highest BCUT2D eigenvalue weighted by Gasteiger charge is 2.21. The highest BCUT2D eigenvalue weighted by Crippen LogP contribution is 2.38. The number of hydrogen-bond acceptors (Lipinski definition) is 6. The molecule has 0 radical (unpaired) electrons. The first-order valence-corrected chi connectivity index (χ1v) is 11.0. The molecule has 1 saturated heterocycles. The number of benzene rings is 1. The lowest BCUT2D eigenvalue weighted by molar-refractivity contribution is 0.217. The standard InChI is InChI=1S/C23H22N4O2S/c28-23-20(19-5-2-10-30-19)22(29-13-15-6-8-24-9-7-15)18-4-1-3-17(21(18)27-23)16-11-25-14-26-12-16/h1-5,10-12,14-15,24H,6-9,13H2,(H,27,28). The van der Waals surface area contributed by atoms with Crippen LogP contribution in [0.25, 0.3) is 32.5 Å². The molecule has 6 nitrogen and oxygen atoms in total. The molecule has 0 saturated carbocycles. The molecule has 1 aromatic carbocycles. The average Bonchev–Trinajstić information content (AvgIpc) is 3.32. The van der Waals surface area contributed by atoms with Gasteiger partial charge in [-0.15, -0.1) is 11.3 Å². The van der Waals surface area contributed by atoms with Crippen LogP contribution >= 0.6 is 11.3 Å². The Morgan fingerprint density at radius 1 is 1.10 bits per heavy atom. The van der Waals surface area contributed by atoms with Crippen molar-refractivity contribution >= 4 is 22.2 Å². The third-order valence-electron chi connectivity index (χ3n) is 5.56. The predicted molar refractivity (Wildman–Crippen MR) is 120 cm³/mol. The molecule has 0 unspecified atom stereocenters. The molecule has 1 aliphatic rings. The van der Waals surface area contributed by atoms with E-state index in [0.29, 0.717) is 23.8 Å². The summed E-state index contributed by atoms with van der Waals surface area (Å²) < 4.78 is 6.41. The molecule has 5 rings (SSSR count). The molecule has 0 spiro atoms. The van der Waals surface area contributed by atoms with Gasteiger partial charge in [-0.2, -0.15) is 0 Å². The van der Waals surface area contributed by atoms with E-state index in [-0.39, 0.29) is 5.56 Å². The van der Waals surface area contributed by atoms with Gasteiger partial charge in [-0.25, -0.2) is 9.97 Å². The molecule has 3 aromatic heterocycles. The summed E-state index contributed by atoms with van der Waals surface area (Å²) in [6.45, 7) is 2.64. The van der Waals surface area contributed by atoms with E-state index >= 15 is 0 Å². The first-order chi connectivity index (χ1) is 14.8. The van der Waals surface area contributed by atoms with Crippen molar-refractivity contribution in [1.29, 1.82) is 0 Å². The lowest BCUT2D eigenvalue weighted by atomic mass is 9.99. The molecule has 0 aliphatic carbocycles. The maximum atomic E-state index is 13.2. The Labute approximate surface area is 178 Å². The average molecular weight is 419 g/mol. The first-order valence-electron chi connectivity index (χ1n) is 10.1. The van der Waals surface area contributed by atoms with Crippen molar-refractivity contribution in [2.75, 3.05) is 19.7 Å². The summed E-state index contributed by atoms with van der Waals surface area (Å²) in [5, 5.41) is 6.27. The van der Waals surface area contributed by atoms with Crippen LogP contribution in [0.3, 0.4) is 0 Å². The van der Waals surface area contributed by atoms with Gasteiger partial charge in [-0.1, -0.05) is 18.2 Å².